The van der Waals surface area contributed by atoms with Crippen LogP contribution in [0.5, 0.6) is 0 Å². The van der Waals surface area contributed by atoms with Crippen LogP contribution >= 0.6 is 15.9 Å². The van der Waals surface area contributed by atoms with Crippen molar-refractivity contribution in [2.24, 2.45) is 5.92 Å². The fraction of sp³-hybridized carbons (Fsp3) is 0.467. The maximum absolute atomic E-state index is 12.3. The number of benzene rings is 1. The molecule has 0 radical (unpaired) electrons. The van der Waals surface area contributed by atoms with E-state index in [0.29, 0.717) is 18.0 Å². The molecule has 0 spiro atoms. The number of carbonyl (C=O) groups is 2. The van der Waals surface area contributed by atoms with Crippen LogP contribution in [-0.2, 0) is 4.79 Å². The summed E-state index contributed by atoms with van der Waals surface area (Å²) >= 11 is 3.37. The maximum Gasteiger partial charge on any atom is 0.255 e. The zero-order valence-electron chi connectivity index (χ0n) is 12.4. The number of amides is 2. The fourth-order valence-corrected chi connectivity index (χ4v) is 2.09. The molecule has 20 heavy (non-hydrogen) atoms. The van der Waals surface area contributed by atoms with Crippen molar-refractivity contribution in [2.45, 2.75) is 20.8 Å². The van der Waals surface area contributed by atoms with Crippen LogP contribution < -0.4 is 5.32 Å². The Labute approximate surface area is 128 Å². The van der Waals surface area contributed by atoms with E-state index in [1.165, 1.54) is 4.90 Å². The van der Waals surface area contributed by atoms with Crippen molar-refractivity contribution in [1.82, 2.24) is 10.2 Å². The van der Waals surface area contributed by atoms with Crippen LogP contribution in [0, 0.1) is 12.8 Å². The van der Waals surface area contributed by atoms with Gasteiger partial charge in [-0.15, -0.1) is 0 Å². The summed E-state index contributed by atoms with van der Waals surface area (Å²) in [5.41, 5.74) is 1.58. The SMILES string of the molecule is Cc1ccc(Br)c(C(=O)N(C)CC(=O)NCC(C)C)c1. The lowest BCUT2D eigenvalue weighted by molar-refractivity contribution is -0.121. The molecule has 0 aromatic heterocycles. The van der Waals surface area contributed by atoms with E-state index in [0.717, 1.165) is 10.0 Å². The fourth-order valence-electron chi connectivity index (χ4n) is 1.67. The molecular weight excluding hydrogens is 320 g/mol. The van der Waals surface area contributed by atoms with Gasteiger partial charge in [0.2, 0.25) is 5.91 Å². The molecule has 0 fully saturated rings. The Morgan fingerprint density at radius 2 is 2.00 bits per heavy atom. The van der Waals surface area contributed by atoms with Crippen LogP contribution in [0.25, 0.3) is 0 Å². The van der Waals surface area contributed by atoms with Gasteiger partial charge in [-0.05, 0) is 40.9 Å². The van der Waals surface area contributed by atoms with Gasteiger partial charge in [0.1, 0.15) is 0 Å². The molecule has 0 aliphatic rings. The lowest BCUT2D eigenvalue weighted by Crippen LogP contribution is -2.39. The summed E-state index contributed by atoms with van der Waals surface area (Å²) in [6.07, 6.45) is 0. The summed E-state index contributed by atoms with van der Waals surface area (Å²) in [5.74, 6) is 0.0875. The van der Waals surface area contributed by atoms with Crippen LogP contribution in [0.4, 0.5) is 0 Å². The maximum atomic E-state index is 12.3. The lowest BCUT2D eigenvalue weighted by Gasteiger charge is -2.18. The number of nitrogens with one attached hydrogen (secondary N) is 1. The largest absolute Gasteiger partial charge is 0.354 e. The molecule has 0 unspecified atom stereocenters. The zero-order valence-corrected chi connectivity index (χ0v) is 14.0. The molecule has 4 nitrogen and oxygen atoms in total. The van der Waals surface area contributed by atoms with Gasteiger partial charge in [0.05, 0.1) is 12.1 Å². The summed E-state index contributed by atoms with van der Waals surface area (Å²) in [6, 6.07) is 5.58. The highest BCUT2D eigenvalue weighted by Crippen LogP contribution is 2.19. The molecule has 0 saturated heterocycles. The van der Waals surface area contributed by atoms with Crippen molar-refractivity contribution in [1.29, 1.82) is 0 Å². The molecule has 2 amide bonds. The normalized spacial score (nSPS) is 10.5. The van der Waals surface area contributed by atoms with Gasteiger partial charge in [0, 0.05) is 18.1 Å². The van der Waals surface area contributed by atoms with Crippen molar-refractivity contribution in [3.63, 3.8) is 0 Å². The van der Waals surface area contributed by atoms with Gasteiger partial charge in [0.15, 0.2) is 0 Å². The van der Waals surface area contributed by atoms with E-state index in [4.69, 9.17) is 0 Å². The van der Waals surface area contributed by atoms with Crippen LogP contribution in [0.1, 0.15) is 29.8 Å². The molecule has 1 aromatic rings. The monoisotopic (exact) mass is 340 g/mol. The Hall–Kier alpha value is -1.36. The van der Waals surface area contributed by atoms with Crippen LogP contribution in [0.15, 0.2) is 22.7 Å². The molecule has 0 aliphatic carbocycles. The Morgan fingerprint density at radius 3 is 2.60 bits per heavy atom. The third-order valence-corrected chi connectivity index (χ3v) is 3.48. The number of rotatable bonds is 5. The van der Waals surface area contributed by atoms with Gasteiger partial charge in [-0.2, -0.15) is 0 Å². The minimum atomic E-state index is -0.166. The second-order valence-corrected chi connectivity index (χ2v) is 6.20. The quantitative estimate of drug-likeness (QED) is 0.895. The molecule has 0 saturated carbocycles. The number of likely N-dealkylation sites (N-methyl/N-ethyl adjacent to an activating group) is 1. The molecule has 5 heteroatoms. The lowest BCUT2D eigenvalue weighted by atomic mass is 10.1. The van der Waals surface area contributed by atoms with E-state index in [-0.39, 0.29) is 18.4 Å². The summed E-state index contributed by atoms with van der Waals surface area (Å²) in [5, 5.41) is 2.80. The van der Waals surface area contributed by atoms with Crippen LogP contribution in [0.3, 0.4) is 0 Å². The van der Waals surface area contributed by atoms with Crippen LogP contribution in [0.2, 0.25) is 0 Å². The van der Waals surface area contributed by atoms with E-state index >= 15 is 0 Å². The van der Waals surface area contributed by atoms with Gasteiger partial charge in [-0.1, -0.05) is 25.5 Å². The highest BCUT2D eigenvalue weighted by atomic mass is 79.9. The number of hydrogen-bond acceptors (Lipinski definition) is 2. The Bertz CT molecular complexity index is 501. The first-order chi connectivity index (χ1) is 9.31. The Kier molecular flexibility index (Phi) is 6.20. The summed E-state index contributed by atoms with van der Waals surface area (Å²) in [6.45, 7) is 6.66. The van der Waals surface area contributed by atoms with E-state index in [9.17, 15) is 9.59 Å². The highest BCUT2D eigenvalue weighted by molar-refractivity contribution is 9.10. The average Bonchev–Trinajstić information content (AvgIpc) is 2.38. The standard InChI is InChI=1S/C15H21BrN2O2/c1-10(2)8-17-14(19)9-18(4)15(20)12-7-11(3)5-6-13(12)16/h5-7,10H,8-9H2,1-4H3,(H,17,19). The molecule has 1 rings (SSSR count). The Balaban J connectivity index is 2.67. The zero-order chi connectivity index (χ0) is 15.3. The third kappa shape index (κ3) is 4.96. The first-order valence-electron chi connectivity index (χ1n) is 6.59. The van der Waals surface area contributed by atoms with Crippen molar-refractivity contribution in [2.75, 3.05) is 20.1 Å². The van der Waals surface area contributed by atoms with Crippen molar-refractivity contribution in [3.05, 3.63) is 33.8 Å². The average molecular weight is 341 g/mol. The molecular formula is C15H21BrN2O2. The van der Waals surface area contributed by atoms with E-state index in [1.807, 2.05) is 39.0 Å². The predicted molar refractivity (Wildman–Crippen MR) is 83.7 cm³/mol. The van der Waals surface area contributed by atoms with E-state index < -0.39 is 0 Å². The second-order valence-electron chi connectivity index (χ2n) is 5.34. The van der Waals surface area contributed by atoms with Gasteiger partial charge in [-0.25, -0.2) is 0 Å². The molecule has 0 atom stereocenters. The minimum Gasteiger partial charge on any atom is -0.354 e. The smallest absolute Gasteiger partial charge is 0.255 e. The van der Waals surface area contributed by atoms with Gasteiger partial charge < -0.3 is 10.2 Å². The third-order valence-electron chi connectivity index (χ3n) is 2.79. The van der Waals surface area contributed by atoms with E-state index in [2.05, 4.69) is 21.2 Å². The predicted octanol–water partition coefficient (Wildman–Crippen LogP) is 2.60. The number of carbonyl (C=O) groups excluding carboxylic acids is 2. The minimum absolute atomic E-state index is 0.0614. The molecule has 1 aromatic carbocycles. The molecule has 0 bridgehead atoms. The van der Waals surface area contributed by atoms with Gasteiger partial charge in [0.25, 0.3) is 5.91 Å². The summed E-state index contributed by atoms with van der Waals surface area (Å²) < 4.78 is 0.738. The number of aryl methyl sites for hydroxylation is 1. The van der Waals surface area contributed by atoms with Crippen LogP contribution in [-0.4, -0.2) is 36.9 Å². The van der Waals surface area contributed by atoms with Gasteiger partial charge in [-0.3, -0.25) is 9.59 Å². The molecule has 0 heterocycles. The number of hydrogen-bond donors (Lipinski definition) is 1. The summed E-state index contributed by atoms with van der Waals surface area (Å²) in [4.78, 5) is 25.5. The number of nitrogens with zero attached hydrogens (tertiary/aromatic N) is 1. The second kappa shape index (κ2) is 7.43. The van der Waals surface area contributed by atoms with Gasteiger partial charge >= 0.3 is 0 Å². The molecule has 0 aliphatic heterocycles. The van der Waals surface area contributed by atoms with E-state index in [1.54, 1.807) is 7.05 Å². The first kappa shape index (κ1) is 16.7. The van der Waals surface area contributed by atoms with Crippen molar-refractivity contribution >= 4 is 27.7 Å². The van der Waals surface area contributed by atoms with Crippen molar-refractivity contribution < 1.29 is 9.59 Å². The molecule has 1 N–H and O–H groups in total. The Morgan fingerprint density at radius 1 is 1.35 bits per heavy atom. The topological polar surface area (TPSA) is 49.4 Å². The molecule has 110 valence electrons. The first-order valence-corrected chi connectivity index (χ1v) is 7.39. The summed E-state index contributed by atoms with van der Waals surface area (Å²) in [7, 11) is 1.63. The highest BCUT2D eigenvalue weighted by Gasteiger charge is 2.17. The number of halogens is 1. The van der Waals surface area contributed by atoms with Crippen molar-refractivity contribution in [3.8, 4) is 0 Å².